The molecule has 8 heteroatoms. The Hall–Kier alpha value is -1.96. The van der Waals surface area contributed by atoms with Gasteiger partial charge in [-0.25, -0.2) is 0 Å². The lowest BCUT2D eigenvalue weighted by Gasteiger charge is -2.20. The van der Waals surface area contributed by atoms with E-state index < -0.39 is 17.9 Å². The smallest absolute Gasteiger partial charge is 0.395 e. The van der Waals surface area contributed by atoms with Crippen LogP contribution in [0.4, 0.5) is 22.0 Å². The Morgan fingerprint density at radius 1 is 1.14 bits per heavy atom. The maximum absolute atomic E-state index is 12.8. The van der Waals surface area contributed by atoms with Gasteiger partial charge in [-0.2, -0.15) is 22.0 Å². The first kappa shape index (κ1) is 18.1. The highest BCUT2D eigenvalue weighted by Crippen LogP contribution is 2.36. The molecular formula is C14H14F5NO2. The number of benzene rings is 1. The van der Waals surface area contributed by atoms with E-state index in [1.807, 2.05) is 0 Å². The first-order chi connectivity index (χ1) is 10.2. The van der Waals surface area contributed by atoms with E-state index in [0.717, 1.165) is 11.8 Å². The molecule has 0 bridgehead atoms. The van der Waals surface area contributed by atoms with Gasteiger partial charge in [-0.1, -0.05) is 30.3 Å². The van der Waals surface area contributed by atoms with Crippen molar-refractivity contribution in [3.05, 3.63) is 48.2 Å². The monoisotopic (exact) mass is 323 g/mol. The van der Waals surface area contributed by atoms with E-state index in [4.69, 9.17) is 5.11 Å². The van der Waals surface area contributed by atoms with Crippen molar-refractivity contribution in [2.45, 2.75) is 18.6 Å². The van der Waals surface area contributed by atoms with E-state index in [1.165, 1.54) is 4.90 Å². The Kier molecular flexibility index (Phi) is 6.04. The molecule has 0 spiro atoms. The van der Waals surface area contributed by atoms with E-state index in [-0.39, 0.29) is 25.8 Å². The molecule has 0 saturated heterocycles. The minimum absolute atomic E-state index is 0.0176. The summed E-state index contributed by atoms with van der Waals surface area (Å²) in [6.45, 7) is -0.208. The van der Waals surface area contributed by atoms with Crippen molar-refractivity contribution in [3.63, 3.8) is 0 Å². The van der Waals surface area contributed by atoms with Crippen molar-refractivity contribution in [1.82, 2.24) is 4.90 Å². The molecule has 1 rings (SSSR count). The molecular weight excluding hydrogens is 309 g/mol. The maximum Gasteiger partial charge on any atom is 0.461 e. The summed E-state index contributed by atoms with van der Waals surface area (Å²) in [7, 11) is 0. The van der Waals surface area contributed by atoms with E-state index >= 15 is 0 Å². The van der Waals surface area contributed by atoms with E-state index in [9.17, 15) is 26.7 Å². The first-order valence-corrected chi connectivity index (χ1v) is 6.24. The number of hydrogen-bond donors (Lipinski definition) is 1. The maximum atomic E-state index is 12.8. The number of rotatable bonds is 7. The molecule has 0 amide bonds. The van der Waals surface area contributed by atoms with Crippen LogP contribution < -0.4 is 0 Å². The second-order valence-corrected chi connectivity index (χ2v) is 4.43. The molecule has 0 unspecified atom stereocenters. The molecule has 1 aromatic rings. The van der Waals surface area contributed by atoms with E-state index in [1.54, 1.807) is 30.3 Å². The minimum Gasteiger partial charge on any atom is -0.395 e. The van der Waals surface area contributed by atoms with Crippen LogP contribution in [0.1, 0.15) is 5.56 Å². The number of alkyl halides is 5. The number of carbonyl (C=O) groups excluding carboxylic acids is 1. The molecule has 122 valence electrons. The fourth-order valence-corrected chi connectivity index (χ4v) is 1.57. The molecule has 0 radical (unpaired) electrons. The number of halogens is 5. The van der Waals surface area contributed by atoms with Crippen LogP contribution in [0.3, 0.4) is 0 Å². The fourth-order valence-electron chi connectivity index (χ4n) is 1.57. The van der Waals surface area contributed by atoms with E-state index in [2.05, 4.69) is 0 Å². The van der Waals surface area contributed by atoms with Crippen molar-refractivity contribution in [1.29, 1.82) is 0 Å². The molecule has 22 heavy (non-hydrogen) atoms. The number of hydrogen-bond acceptors (Lipinski definition) is 3. The molecule has 0 aromatic heterocycles. The number of nitrogens with zero attached hydrogens (tertiary/aromatic N) is 1. The van der Waals surface area contributed by atoms with Crippen LogP contribution in [0.25, 0.3) is 0 Å². The zero-order valence-corrected chi connectivity index (χ0v) is 11.4. The average Bonchev–Trinajstić information content (AvgIpc) is 2.44. The predicted molar refractivity (Wildman–Crippen MR) is 69.1 cm³/mol. The van der Waals surface area contributed by atoms with Gasteiger partial charge in [-0.05, 0) is 5.56 Å². The third kappa shape index (κ3) is 4.80. The van der Waals surface area contributed by atoms with E-state index in [0.29, 0.717) is 0 Å². The lowest BCUT2D eigenvalue weighted by atomic mass is 10.2. The first-order valence-electron chi connectivity index (χ1n) is 6.24. The number of aliphatic hydroxyl groups is 1. The summed E-state index contributed by atoms with van der Waals surface area (Å²) >= 11 is 0. The number of aliphatic hydroxyl groups excluding tert-OH is 1. The highest BCUT2D eigenvalue weighted by Gasteiger charge is 2.62. The molecule has 0 aliphatic carbocycles. The van der Waals surface area contributed by atoms with Crippen LogP contribution in [0, 0.1) is 0 Å². The Balaban J connectivity index is 2.80. The van der Waals surface area contributed by atoms with Crippen LogP contribution in [0.2, 0.25) is 0 Å². The van der Waals surface area contributed by atoms with Crippen LogP contribution in [-0.4, -0.2) is 41.0 Å². The third-order valence-electron chi connectivity index (χ3n) is 2.72. The largest absolute Gasteiger partial charge is 0.461 e. The van der Waals surface area contributed by atoms with Gasteiger partial charge in [0, 0.05) is 25.4 Å². The summed E-state index contributed by atoms with van der Waals surface area (Å²) in [5.74, 6) is -7.78. The van der Waals surface area contributed by atoms with Gasteiger partial charge in [-0.3, -0.25) is 4.79 Å². The highest BCUT2D eigenvalue weighted by atomic mass is 19.4. The van der Waals surface area contributed by atoms with Gasteiger partial charge in [0.15, 0.2) is 0 Å². The van der Waals surface area contributed by atoms with Gasteiger partial charge in [0.05, 0.1) is 6.61 Å². The topological polar surface area (TPSA) is 40.5 Å². The SMILES string of the molecule is O=C(/C=C/N(CCO)Cc1ccccc1)C(F)(F)C(F)(F)F. The van der Waals surface area contributed by atoms with Gasteiger partial charge in [-0.15, -0.1) is 0 Å². The number of carbonyl (C=O) groups is 1. The molecule has 0 atom stereocenters. The summed E-state index contributed by atoms with van der Waals surface area (Å²) in [5.41, 5.74) is 0.746. The van der Waals surface area contributed by atoms with Crippen molar-refractivity contribution >= 4 is 5.78 Å². The molecule has 3 nitrogen and oxygen atoms in total. The van der Waals surface area contributed by atoms with Crippen LogP contribution in [-0.2, 0) is 11.3 Å². The summed E-state index contributed by atoms with van der Waals surface area (Å²) in [6, 6.07) is 8.62. The third-order valence-corrected chi connectivity index (χ3v) is 2.72. The standard InChI is InChI=1S/C14H14F5NO2/c15-13(16,14(17,18)19)12(22)6-7-20(8-9-21)10-11-4-2-1-3-5-11/h1-7,21H,8-10H2/b7-6+. The molecule has 0 aliphatic rings. The lowest BCUT2D eigenvalue weighted by molar-refractivity contribution is -0.266. The van der Waals surface area contributed by atoms with Crippen molar-refractivity contribution in [2.75, 3.05) is 13.2 Å². The summed E-state index contributed by atoms with van der Waals surface area (Å²) in [5, 5.41) is 8.88. The summed E-state index contributed by atoms with van der Waals surface area (Å²) in [4.78, 5) is 12.3. The van der Waals surface area contributed by atoms with Gasteiger partial charge < -0.3 is 10.0 Å². The Morgan fingerprint density at radius 3 is 2.23 bits per heavy atom. The minimum atomic E-state index is -5.93. The average molecular weight is 323 g/mol. The lowest BCUT2D eigenvalue weighted by Crippen LogP contribution is -2.43. The Bertz CT molecular complexity index is 514. The quantitative estimate of drug-likeness (QED) is 0.620. The van der Waals surface area contributed by atoms with Crippen molar-refractivity contribution in [2.24, 2.45) is 0 Å². The number of ketones is 1. The summed E-state index contributed by atoms with van der Waals surface area (Å²) in [6.07, 6.45) is -4.94. The van der Waals surface area contributed by atoms with Crippen molar-refractivity contribution < 1.29 is 31.9 Å². The van der Waals surface area contributed by atoms with Gasteiger partial charge >= 0.3 is 12.1 Å². The van der Waals surface area contributed by atoms with Gasteiger partial charge in [0.1, 0.15) is 0 Å². The fraction of sp³-hybridized carbons (Fsp3) is 0.357. The molecule has 1 aromatic carbocycles. The van der Waals surface area contributed by atoms with Crippen molar-refractivity contribution in [3.8, 4) is 0 Å². The zero-order chi connectivity index (χ0) is 16.8. The second kappa shape index (κ2) is 7.35. The molecule has 0 heterocycles. The Labute approximate surface area is 123 Å². The van der Waals surface area contributed by atoms with Gasteiger partial charge in [0.2, 0.25) is 5.78 Å². The number of allylic oxidation sites excluding steroid dienone is 1. The normalized spacial score (nSPS) is 12.6. The highest BCUT2D eigenvalue weighted by molar-refractivity contribution is 5.96. The molecule has 1 N–H and O–H groups in total. The Morgan fingerprint density at radius 2 is 1.73 bits per heavy atom. The molecule has 0 saturated carbocycles. The van der Waals surface area contributed by atoms with Crippen LogP contribution in [0.15, 0.2) is 42.6 Å². The van der Waals surface area contributed by atoms with Crippen LogP contribution >= 0.6 is 0 Å². The predicted octanol–water partition coefficient (Wildman–Crippen LogP) is 2.76. The van der Waals surface area contributed by atoms with Crippen LogP contribution in [0.5, 0.6) is 0 Å². The second-order valence-electron chi connectivity index (χ2n) is 4.43. The summed E-state index contributed by atoms with van der Waals surface area (Å²) < 4.78 is 61.7. The zero-order valence-electron chi connectivity index (χ0n) is 11.4. The van der Waals surface area contributed by atoms with Gasteiger partial charge in [0.25, 0.3) is 0 Å². The molecule has 0 aliphatic heterocycles. The molecule has 0 fully saturated rings.